The summed E-state index contributed by atoms with van der Waals surface area (Å²) in [5, 5.41) is 2.87. The Morgan fingerprint density at radius 2 is 1.88 bits per heavy atom. The topological polar surface area (TPSA) is 88.2 Å². The second kappa shape index (κ2) is 9.99. The summed E-state index contributed by atoms with van der Waals surface area (Å²) in [5.41, 5.74) is 1.59. The van der Waals surface area contributed by atoms with Gasteiger partial charge in [0.25, 0.3) is 0 Å². The van der Waals surface area contributed by atoms with E-state index in [2.05, 4.69) is 10.2 Å². The average Bonchev–Trinajstić information content (AvgIpc) is 3.65. The van der Waals surface area contributed by atoms with E-state index in [9.17, 15) is 13.2 Å². The number of hydrogen-bond donors (Lipinski definition) is 1. The van der Waals surface area contributed by atoms with E-state index in [4.69, 9.17) is 9.47 Å². The van der Waals surface area contributed by atoms with Gasteiger partial charge in [-0.2, -0.15) is 4.31 Å². The zero-order valence-electron chi connectivity index (χ0n) is 18.2. The summed E-state index contributed by atoms with van der Waals surface area (Å²) in [6, 6.07) is 14.7. The van der Waals surface area contributed by atoms with Gasteiger partial charge in [0, 0.05) is 31.4 Å². The molecule has 0 bridgehead atoms. The van der Waals surface area contributed by atoms with Gasteiger partial charge in [-0.3, -0.25) is 9.69 Å². The largest absolute Gasteiger partial charge is 0.497 e. The number of nitrogens with zero attached hydrogens (tertiary/aromatic N) is 2. The number of nitrogens with one attached hydrogen (secondary N) is 1. The van der Waals surface area contributed by atoms with Gasteiger partial charge in [0.05, 0.1) is 31.8 Å². The Hall–Kier alpha value is -2.46. The molecule has 0 atom stereocenters. The van der Waals surface area contributed by atoms with Gasteiger partial charge in [-0.15, -0.1) is 0 Å². The molecule has 0 spiro atoms. The fourth-order valence-corrected chi connectivity index (χ4v) is 5.23. The van der Waals surface area contributed by atoms with Crippen LogP contribution in [0.15, 0.2) is 53.4 Å². The number of rotatable bonds is 9. The van der Waals surface area contributed by atoms with Gasteiger partial charge < -0.3 is 14.8 Å². The molecular weight excluding hydrogens is 430 g/mol. The number of morpholine rings is 1. The van der Waals surface area contributed by atoms with Crippen LogP contribution >= 0.6 is 0 Å². The summed E-state index contributed by atoms with van der Waals surface area (Å²) in [4.78, 5) is 15.1. The minimum absolute atomic E-state index is 0.161. The summed E-state index contributed by atoms with van der Waals surface area (Å²) in [7, 11) is -1.98. The molecule has 0 radical (unpaired) electrons. The first kappa shape index (κ1) is 22.7. The van der Waals surface area contributed by atoms with Crippen LogP contribution in [0.5, 0.6) is 5.75 Å². The van der Waals surface area contributed by atoms with Crippen LogP contribution in [-0.4, -0.2) is 69.5 Å². The average molecular weight is 460 g/mol. The number of ether oxygens (including phenoxy) is 2. The first-order valence-electron chi connectivity index (χ1n) is 10.8. The van der Waals surface area contributed by atoms with Crippen LogP contribution in [-0.2, 0) is 26.1 Å². The van der Waals surface area contributed by atoms with Crippen LogP contribution < -0.4 is 10.1 Å². The third kappa shape index (κ3) is 5.66. The van der Waals surface area contributed by atoms with Crippen LogP contribution in [0.4, 0.5) is 5.69 Å². The van der Waals surface area contributed by atoms with E-state index in [0.717, 1.165) is 24.2 Å². The highest BCUT2D eigenvalue weighted by molar-refractivity contribution is 7.89. The molecule has 8 nitrogen and oxygen atoms in total. The Morgan fingerprint density at radius 3 is 2.53 bits per heavy atom. The Balaban J connectivity index is 1.40. The van der Waals surface area contributed by atoms with Crippen molar-refractivity contribution < 1.29 is 22.7 Å². The van der Waals surface area contributed by atoms with E-state index in [-0.39, 0.29) is 17.3 Å². The SMILES string of the molecule is COc1ccc(CN(CC(=O)Nc2cccc(S(=O)(=O)N3CCOCC3)c2)C2CC2)cc1. The molecule has 172 valence electrons. The molecule has 1 saturated heterocycles. The van der Waals surface area contributed by atoms with Crippen molar-refractivity contribution in [1.29, 1.82) is 0 Å². The third-order valence-corrected chi connectivity index (χ3v) is 7.57. The molecule has 0 unspecified atom stereocenters. The zero-order valence-corrected chi connectivity index (χ0v) is 19.0. The number of amides is 1. The molecule has 1 amide bonds. The summed E-state index contributed by atoms with van der Waals surface area (Å²) in [6.07, 6.45) is 2.16. The predicted octanol–water partition coefficient (Wildman–Crippen LogP) is 2.32. The first-order valence-corrected chi connectivity index (χ1v) is 12.2. The van der Waals surface area contributed by atoms with E-state index in [1.165, 1.54) is 10.4 Å². The van der Waals surface area contributed by atoms with Crippen LogP contribution in [0.1, 0.15) is 18.4 Å². The lowest BCUT2D eigenvalue weighted by Crippen LogP contribution is -2.40. The maximum Gasteiger partial charge on any atom is 0.243 e. The quantitative estimate of drug-likeness (QED) is 0.619. The molecule has 0 aromatic heterocycles. The van der Waals surface area contributed by atoms with Crippen molar-refractivity contribution in [2.24, 2.45) is 0 Å². The molecule has 2 fully saturated rings. The second-order valence-electron chi connectivity index (χ2n) is 8.08. The molecule has 1 aliphatic carbocycles. The summed E-state index contributed by atoms with van der Waals surface area (Å²) < 4.78 is 37.7. The molecule has 1 aliphatic heterocycles. The van der Waals surface area contributed by atoms with Gasteiger partial charge in [0.2, 0.25) is 15.9 Å². The highest BCUT2D eigenvalue weighted by atomic mass is 32.2. The van der Waals surface area contributed by atoms with Crippen LogP contribution in [0, 0.1) is 0 Å². The van der Waals surface area contributed by atoms with Gasteiger partial charge in [-0.05, 0) is 48.7 Å². The number of hydrogen-bond acceptors (Lipinski definition) is 6. The Labute approximate surface area is 189 Å². The van der Waals surface area contributed by atoms with E-state index < -0.39 is 10.0 Å². The lowest BCUT2D eigenvalue weighted by Gasteiger charge is -2.26. The molecule has 4 rings (SSSR count). The molecule has 1 N–H and O–H groups in total. The summed E-state index contributed by atoms with van der Waals surface area (Å²) in [6.45, 7) is 2.37. The number of benzene rings is 2. The Kier molecular flexibility index (Phi) is 7.10. The first-order chi connectivity index (χ1) is 15.5. The molecule has 1 saturated carbocycles. The number of carbonyl (C=O) groups is 1. The maximum absolute atomic E-state index is 12.9. The van der Waals surface area contributed by atoms with Crippen molar-refractivity contribution in [1.82, 2.24) is 9.21 Å². The Bertz CT molecular complexity index is 1030. The molecule has 9 heteroatoms. The minimum atomic E-state index is -3.61. The van der Waals surface area contributed by atoms with Gasteiger partial charge >= 0.3 is 0 Å². The third-order valence-electron chi connectivity index (χ3n) is 5.68. The molecule has 2 aromatic carbocycles. The van der Waals surface area contributed by atoms with E-state index in [1.807, 2.05) is 24.3 Å². The van der Waals surface area contributed by atoms with Crippen molar-refractivity contribution in [2.45, 2.75) is 30.3 Å². The van der Waals surface area contributed by atoms with Crippen molar-refractivity contribution in [3.05, 3.63) is 54.1 Å². The lowest BCUT2D eigenvalue weighted by atomic mass is 10.2. The van der Waals surface area contributed by atoms with Crippen molar-refractivity contribution in [3.63, 3.8) is 0 Å². The number of anilines is 1. The van der Waals surface area contributed by atoms with E-state index in [0.29, 0.717) is 44.6 Å². The van der Waals surface area contributed by atoms with E-state index in [1.54, 1.807) is 25.3 Å². The monoisotopic (exact) mass is 459 g/mol. The van der Waals surface area contributed by atoms with Crippen molar-refractivity contribution in [3.8, 4) is 5.75 Å². The molecule has 1 heterocycles. The smallest absolute Gasteiger partial charge is 0.243 e. The van der Waals surface area contributed by atoms with Crippen LogP contribution in [0.25, 0.3) is 0 Å². The fraction of sp³-hybridized carbons (Fsp3) is 0.435. The normalized spacial score (nSPS) is 17.3. The van der Waals surface area contributed by atoms with Crippen LogP contribution in [0.2, 0.25) is 0 Å². The number of methoxy groups -OCH3 is 1. The van der Waals surface area contributed by atoms with Crippen molar-refractivity contribution in [2.75, 3.05) is 45.3 Å². The lowest BCUT2D eigenvalue weighted by molar-refractivity contribution is -0.117. The molecule has 2 aromatic rings. The minimum Gasteiger partial charge on any atom is -0.497 e. The van der Waals surface area contributed by atoms with E-state index >= 15 is 0 Å². The predicted molar refractivity (Wildman–Crippen MR) is 121 cm³/mol. The summed E-state index contributed by atoms with van der Waals surface area (Å²) in [5.74, 6) is 0.641. The molecular formula is C23H29N3O5S. The van der Waals surface area contributed by atoms with Gasteiger partial charge in [0.1, 0.15) is 5.75 Å². The van der Waals surface area contributed by atoms with Gasteiger partial charge in [-0.1, -0.05) is 18.2 Å². The standard InChI is InChI=1S/C23H29N3O5S/c1-30-21-9-5-18(6-10-21)16-25(20-7-8-20)17-23(27)24-19-3-2-4-22(15-19)32(28,29)26-11-13-31-14-12-26/h2-6,9-10,15,20H,7-8,11-14,16-17H2,1H3,(H,24,27). The zero-order chi connectivity index (χ0) is 22.6. The molecule has 32 heavy (non-hydrogen) atoms. The Morgan fingerprint density at radius 1 is 1.16 bits per heavy atom. The fourth-order valence-electron chi connectivity index (χ4n) is 3.77. The number of sulfonamides is 1. The number of carbonyl (C=O) groups excluding carboxylic acids is 1. The molecule has 2 aliphatic rings. The van der Waals surface area contributed by atoms with Gasteiger partial charge in [0.15, 0.2) is 0 Å². The maximum atomic E-state index is 12.9. The second-order valence-corrected chi connectivity index (χ2v) is 10.0. The van der Waals surface area contributed by atoms with Crippen LogP contribution in [0.3, 0.4) is 0 Å². The summed E-state index contributed by atoms with van der Waals surface area (Å²) >= 11 is 0. The highest BCUT2D eigenvalue weighted by Gasteiger charge is 2.30. The van der Waals surface area contributed by atoms with Gasteiger partial charge in [-0.25, -0.2) is 8.42 Å². The highest BCUT2D eigenvalue weighted by Crippen LogP contribution is 2.28. The van der Waals surface area contributed by atoms with Crippen molar-refractivity contribution >= 4 is 21.6 Å².